The molecule has 1 aliphatic heterocycles. The van der Waals surface area contributed by atoms with Crippen molar-refractivity contribution >= 4 is 17.3 Å². The Kier molecular flexibility index (Phi) is 3.99. The molecule has 1 aliphatic carbocycles. The van der Waals surface area contributed by atoms with E-state index in [9.17, 15) is 0 Å². The summed E-state index contributed by atoms with van der Waals surface area (Å²) < 4.78 is 0. The lowest BCUT2D eigenvalue weighted by Gasteiger charge is -2.32. The smallest absolute Gasteiger partial charge is 0.0415 e. The topological polar surface area (TPSA) is 29.3 Å². The molecule has 1 saturated heterocycles. The van der Waals surface area contributed by atoms with Crippen LogP contribution in [0.5, 0.6) is 0 Å². The zero-order valence-electron chi connectivity index (χ0n) is 11.4. The van der Waals surface area contributed by atoms with Crippen molar-refractivity contribution in [3.05, 3.63) is 28.8 Å². The highest BCUT2D eigenvalue weighted by atomic mass is 35.5. The summed E-state index contributed by atoms with van der Waals surface area (Å²) in [6.07, 6.45) is 8.31. The highest BCUT2D eigenvalue weighted by Gasteiger charge is 2.34. The Bertz CT molecular complexity index is 440. The fourth-order valence-electron chi connectivity index (χ4n) is 3.92. The molecule has 1 saturated carbocycles. The van der Waals surface area contributed by atoms with Gasteiger partial charge in [-0.3, -0.25) is 0 Å². The molecule has 0 aromatic heterocycles. The molecule has 1 atom stereocenters. The Labute approximate surface area is 120 Å². The van der Waals surface area contributed by atoms with E-state index in [1.807, 2.05) is 12.1 Å². The predicted octanol–water partition coefficient (Wildman–Crippen LogP) is 3.96. The van der Waals surface area contributed by atoms with Gasteiger partial charge in [0, 0.05) is 29.8 Å². The average Bonchev–Trinajstić information content (AvgIpc) is 3.08. The number of rotatable bonds is 3. The fraction of sp³-hybridized carbons (Fsp3) is 0.625. The Hall–Kier alpha value is -0.730. The van der Waals surface area contributed by atoms with Crippen molar-refractivity contribution in [1.82, 2.24) is 0 Å². The van der Waals surface area contributed by atoms with Crippen molar-refractivity contribution in [2.75, 3.05) is 11.4 Å². The van der Waals surface area contributed by atoms with Crippen molar-refractivity contribution < 1.29 is 0 Å². The SMILES string of the molecule is NCc1cc(Cl)ccc1N1CCCC1C1CCCC1. The molecule has 0 radical (unpaired) electrons. The molecule has 2 N–H and O–H groups in total. The average molecular weight is 279 g/mol. The third-order valence-corrected chi connectivity index (χ3v) is 5.05. The predicted molar refractivity (Wildman–Crippen MR) is 81.7 cm³/mol. The Balaban J connectivity index is 1.87. The zero-order valence-corrected chi connectivity index (χ0v) is 12.2. The maximum absolute atomic E-state index is 6.09. The lowest BCUT2D eigenvalue weighted by atomic mass is 9.95. The van der Waals surface area contributed by atoms with Gasteiger partial charge in [0.1, 0.15) is 0 Å². The molecule has 2 nitrogen and oxygen atoms in total. The molecule has 1 aromatic carbocycles. The second-order valence-corrected chi connectivity index (χ2v) is 6.36. The van der Waals surface area contributed by atoms with E-state index < -0.39 is 0 Å². The van der Waals surface area contributed by atoms with E-state index in [4.69, 9.17) is 17.3 Å². The van der Waals surface area contributed by atoms with Crippen LogP contribution in [0, 0.1) is 5.92 Å². The summed E-state index contributed by atoms with van der Waals surface area (Å²) in [6.45, 7) is 1.75. The summed E-state index contributed by atoms with van der Waals surface area (Å²) in [6, 6.07) is 6.92. The van der Waals surface area contributed by atoms with Crippen molar-refractivity contribution in [1.29, 1.82) is 0 Å². The maximum atomic E-state index is 6.09. The summed E-state index contributed by atoms with van der Waals surface area (Å²) in [7, 11) is 0. The van der Waals surface area contributed by atoms with Gasteiger partial charge >= 0.3 is 0 Å². The van der Waals surface area contributed by atoms with Gasteiger partial charge in [0.2, 0.25) is 0 Å². The molecule has 3 rings (SSSR count). The minimum absolute atomic E-state index is 0.573. The van der Waals surface area contributed by atoms with Crippen LogP contribution in [-0.2, 0) is 6.54 Å². The third kappa shape index (κ3) is 2.61. The quantitative estimate of drug-likeness (QED) is 0.907. The van der Waals surface area contributed by atoms with Crippen LogP contribution in [0.15, 0.2) is 18.2 Å². The number of nitrogens with zero attached hydrogens (tertiary/aromatic N) is 1. The van der Waals surface area contributed by atoms with Crippen LogP contribution in [0.2, 0.25) is 5.02 Å². The molecule has 1 unspecified atom stereocenters. The van der Waals surface area contributed by atoms with Crippen LogP contribution < -0.4 is 10.6 Å². The Morgan fingerprint density at radius 3 is 2.68 bits per heavy atom. The van der Waals surface area contributed by atoms with Crippen LogP contribution in [-0.4, -0.2) is 12.6 Å². The molecule has 0 bridgehead atoms. The number of benzene rings is 1. The molecular weight excluding hydrogens is 256 g/mol. The monoisotopic (exact) mass is 278 g/mol. The zero-order chi connectivity index (χ0) is 13.2. The molecule has 2 fully saturated rings. The first-order valence-electron chi connectivity index (χ1n) is 7.54. The van der Waals surface area contributed by atoms with Crippen molar-refractivity contribution in [2.24, 2.45) is 11.7 Å². The first-order chi connectivity index (χ1) is 9.29. The van der Waals surface area contributed by atoms with E-state index in [-0.39, 0.29) is 0 Å². The number of anilines is 1. The van der Waals surface area contributed by atoms with Gasteiger partial charge in [-0.25, -0.2) is 0 Å². The van der Waals surface area contributed by atoms with E-state index in [0.717, 1.165) is 17.0 Å². The maximum Gasteiger partial charge on any atom is 0.0415 e. The molecule has 1 aromatic rings. The van der Waals surface area contributed by atoms with Gasteiger partial charge in [-0.2, -0.15) is 0 Å². The molecule has 1 heterocycles. The van der Waals surface area contributed by atoms with Gasteiger partial charge in [0.25, 0.3) is 0 Å². The van der Waals surface area contributed by atoms with Gasteiger partial charge in [-0.1, -0.05) is 24.4 Å². The molecular formula is C16H23ClN2. The fourth-order valence-corrected chi connectivity index (χ4v) is 4.12. The standard InChI is InChI=1S/C16H23ClN2/c17-14-7-8-16(13(10-14)11-18)19-9-3-6-15(19)12-4-1-2-5-12/h7-8,10,12,15H,1-6,9,11,18H2. The van der Waals surface area contributed by atoms with Gasteiger partial charge in [-0.15, -0.1) is 0 Å². The third-order valence-electron chi connectivity index (χ3n) is 4.81. The van der Waals surface area contributed by atoms with Gasteiger partial charge in [0.05, 0.1) is 0 Å². The summed E-state index contributed by atoms with van der Waals surface area (Å²) >= 11 is 6.09. The van der Waals surface area contributed by atoms with Gasteiger partial charge < -0.3 is 10.6 Å². The summed E-state index contributed by atoms with van der Waals surface area (Å²) in [5, 5.41) is 0.792. The van der Waals surface area contributed by atoms with Crippen LogP contribution in [0.1, 0.15) is 44.1 Å². The first kappa shape index (κ1) is 13.3. The van der Waals surface area contributed by atoms with E-state index in [2.05, 4.69) is 11.0 Å². The Morgan fingerprint density at radius 2 is 1.95 bits per heavy atom. The summed E-state index contributed by atoms with van der Waals surface area (Å²) in [5.41, 5.74) is 8.41. The van der Waals surface area contributed by atoms with Crippen LogP contribution in [0.4, 0.5) is 5.69 Å². The molecule has 0 spiro atoms. The van der Waals surface area contributed by atoms with Crippen LogP contribution in [0.3, 0.4) is 0 Å². The number of hydrogen-bond acceptors (Lipinski definition) is 2. The number of nitrogens with two attached hydrogens (primary N) is 1. The Morgan fingerprint density at radius 1 is 1.16 bits per heavy atom. The second kappa shape index (κ2) is 5.72. The molecule has 2 aliphatic rings. The normalized spacial score (nSPS) is 24.3. The minimum Gasteiger partial charge on any atom is -0.368 e. The highest BCUT2D eigenvalue weighted by molar-refractivity contribution is 6.30. The number of halogens is 1. The highest BCUT2D eigenvalue weighted by Crippen LogP contribution is 2.39. The molecule has 104 valence electrons. The van der Waals surface area contributed by atoms with E-state index >= 15 is 0 Å². The minimum atomic E-state index is 0.573. The lowest BCUT2D eigenvalue weighted by molar-refractivity contribution is 0.430. The molecule has 3 heteroatoms. The van der Waals surface area contributed by atoms with E-state index in [1.165, 1.54) is 56.3 Å². The first-order valence-corrected chi connectivity index (χ1v) is 7.92. The summed E-state index contributed by atoms with van der Waals surface area (Å²) in [5.74, 6) is 0.892. The lowest BCUT2D eigenvalue weighted by Crippen LogP contribution is -2.35. The van der Waals surface area contributed by atoms with Gasteiger partial charge in [-0.05, 0) is 55.4 Å². The van der Waals surface area contributed by atoms with Crippen LogP contribution in [0.25, 0.3) is 0 Å². The number of hydrogen-bond donors (Lipinski definition) is 1. The second-order valence-electron chi connectivity index (χ2n) is 5.92. The summed E-state index contributed by atoms with van der Waals surface area (Å²) in [4.78, 5) is 2.61. The van der Waals surface area contributed by atoms with Crippen molar-refractivity contribution in [3.8, 4) is 0 Å². The molecule has 19 heavy (non-hydrogen) atoms. The largest absolute Gasteiger partial charge is 0.368 e. The van der Waals surface area contributed by atoms with Crippen molar-refractivity contribution in [3.63, 3.8) is 0 Å². The van der Waals surface area contributed by atoms with Crippen LogP contribution >= 0.6 is 11.6 Å². The van der Waals surface area contributed by atoms with E-state index in [1.54, 1.807) is 0 Å². The molecule has 0 amide bonds. The van der Waals surface area contributed by atoms with Crippen molar-refractivity contribution in [2.45, 2.75) is 51.1 Å². The van der Waals surface area contributed by atoms with Gasteiger partial charge in [0.15, 0.2) is 0 Å². The van der Waals surface area contributed by atoms with E-state index in [0.29, 0.717) is 6.54 Å².